The molecule has 0 saturated carbocycles. The Hall–Kier alpha value is -3.42. The van der Waals surface area contributed by atoms with Crippen molar-refractivity contribution in [1.82, 2.24) is 5.32 Å². The first kappa shape index (κ1) is 19.9. The number of hydrogen-bond donors (Lipinski definition) is 1. The molecule has 0 radical (unpaired) electrons. The number of methoxy groups -OCH3 is 1. The summed E-state index contributed by atoms with van der Waals surface area (Å²) >= 11 is 0. The molecule has 1 N–H and O–H groups in total. The summed E-state index contributed by atoms with van der Waals surface area (Å²) in [6.45, 7) is 1.94. The van der Waals surface area contributed by atoms with Crippen molar-refractivity contribution in [3.8, 4) is 5.75 Å². The summed E-state index contributed by atoms with van der Waals surface area (Å²) in [5.41, 5.74) is 0.854. The van der Waals surface area contributed by atoms with Crippen molar-refractivity contribution in [3.63, 3.8) is 0 Å². The standard InChI is InChI=1S/C19H20N2O6/c1-3-27-18(22)12-17(13-6-10-16(26-2)11-7-13)20-19(23)14-4-8-15(9-5-14)21(24)25/h4-11,17H,3,12H2,1-2H3,(H,20,23). The van der Waals surface area contributed by atoms with E-state index in [2.05, 4.69) is 5.32 Å². The second kappa shape index (κ2) is 9.33. The van der Waals surface area contributed by atoms with Crippen LogP contribution in [0.4, 0.5) is 5.69 Å². The van der Waals surface area contributed by atoms with Crippen LogP contribution in [0.15, 0.2) is 48.5 Å². The van der Waals surface area contributed by atoms with Crippen molar-refractivity contribution in [1.29, 1.82) is 0 Å². The second-order valence-electron chi connectivity index (χ2n) is 5.61. The highest BCUT2D eigenvalue weighted by Crippen LogP contribution is 2.22. The van der Waals surface area contributed by atoms with Crippen LogP contribution in [-0.2, 0) is 9.53 Å². The zero-order valence-electron chi connectivity index (χ0n) is 15.0. The summed E-state index contributed by atoms with van der Waals surface area (Å²) < 4.78 is 10.1. The van der Waals surface area contributed by atoms with E-state index in [1.807, 2.05) is 0 Å². The van der Waals surface area contributed by atoms with Crippen LogP contribution in [0.5, 0.6) is 5.75 Å². The van der Waals surface area contributed by atoms with Gasteiger partial charge in [-0.25, -0.2) is 0 Å². The Labute approximate surface area is 156 Å². The van der Waals surface area contributed by atoms with Crippen LogP contribution in [0.3, 0.4) is 0 Å². The van der Waals surface area contributed by atoms with Gasteiger partial charge in [-0.15, -0.1) is 0 Å². The lowest BCUT2D eigenvalue weighted by atomic mass is 10.0. The van der Waals surface area contributed by atoms with Gasteiger partial charge < -0.3 is 14.8 Å². The van der Waals surface area contributed by atoms with Gasteiger partial charge in [0, 0.05) is 17.7 Å². The molecular formula is C19H20N2O6. The molecule has 2 rings (SSSR count). The average Bonchev–Trinajstić information content (AvgIpc) is 2.67. The molecule has 1 amide bonds. The molecule has 27 heavy (non-hydrogen) atoms. The van der Waals surface area contributed by atoms with Gasteiger partial charge in [-0.2, -0.15) is 0 Å². The SMILES string of the molecule is CCOC(=O)CC(NC(=O)c1ccc([N+](=O)[O-])cc1)c1ccc(OC)cc1. The number of nitrogens with zero attached hydrogens (tertiary/aromatic N) is 1. The molecule has 8 heteroatoms. The Morgan fingerprint density at radius 1 is 1.11 bits per heavy atom. The summed E-state index contributed by atoms with van der Waals surface area (Å²) in [5.74, 6) is -0.243. The van der Waals surface area contributed by atoms with E-state index in [1.54, 1.807) is 38.3 Å². The van der Waals surface area contributed by atoms with Crippen molar-refractivity contribution in [3.05, 3.63) is 69.8 Å². The third-order valence-corrected chi connectivity index (χ3v) is 3.84. The van der Waals surface area contributed by atoms with Crippen LogP contribution in [-0.4, -0.2) is 30.5 Å². The molecule has 0 saturated heterocycles. The summed E-state index contributed by atoms with van der Waals surface area (Å²) in [7, 11) is 1.54. The molecule has 0 fully saturated rings. The molecule has 0 aliphatic carbocycles. The average molecular weight is 372 g/mol. The maximum absolute atomic E-state index is 12.5. The highest BCUT2D eigenvalue weighted by molar-refractivity contribution is 5.95. The fourth-order valence-electron chi connectivity index (χ4n) is 2.45. The zero-order valence-corrected chi connectivity index (χ0v) is 15.0. The fourth-order valence-corrected chi connectivity index (χ4v) is 2.45. The zero-order chi connectivity index (χ0) is 19.8. The number of carbonyl (C=O) groups is 2. The van der Waals surface area contributed by atoms with E-state index in [0.29, 0.717) is 11.3 Å². The van der Waals surface area contributed by atoms with Crippen molar-refractivity contribution in [2.24, 2.45) is 0 Å². The highest BCUT2D eigenvalue weighted by atomic mass is 16.6. The summed E-state index contributed by atoms with van der Waals surface area (Å²) in [4.78, 5) is 34.6. The van der Waals surface area contributed by atoms with Crippen molar-refractivity contribution in [2.45, 2.75) is 19.4 Å². The van der Waals surface area contributed by atoms with Gasteiger partial charge in [-0.1, -0.05) is 12.1 Å². The van der Waals surface area contributed by atoms with Crippen molar-refractivity contribution >= 4 is 17.6 Å². The molecule has 0 heterocycles. The number of amides is 1. The molecule has 8 nitrogen and oxygen atoms in total. The van der Waals surface area contributed by atoms with E-state index in [9.17, 15) is 19.7 Å². The van der Waals surface area contributed by atoms with Crippen LogP contribution in [0.2, 0.25) is 0 Å². The number of esters is 1. The van der Waals surface area contributed by atoms with E-state index in [-0.39, 0.29) is 24.3 Å². The minimum Gasteiger partial charge on any atom is -0.497 e. The van der Waals surface area contributed by atoms with Gasteiger partial charge in [-0.3, -0.25) is 19.7 Å². The normalized spacial score (nSPS) is 11.3. The molecule has 1 unspecified atom stereocenters. The Kier molecular flexibility index (Phi) is 6.87. The van der Waals surface area contributed by atoms with E-state index < -0.39 is 22.8 Å². The topological polar surface area (TPSA) is 108 Å². The molecule has 0 bridgehead atoms. The lowest BCUT2D eigenvalue weighted by molar-refractivity contribution is -0.384. The molecule has 142 valence electrons. The van der Waals surface area contributed by atoms with Gasteiger partial charge in [0.1, 0.15) is 5.75 Å². The van der Waals surface area contributed by atoms with Crippen LogP contribution >= 0.6 is 0 Å². The number of nitrogens with one attached hydrogen (secondary N) is 1. The van der Waals surface area contributed by atoms with Crippen LogP contribution < -0.4 is 10.1 Å². The van der Waals surface area contributed by atoms with Crippen molar-refractivity contribution < 1.29 is 24.0 Å². The highest BCUT2D eigenvalue weighted by Gasteiger charge is 2.20. The third kappa shape index (κ3) is 5.53. The largest absolute Gasteiger partial charge is 0.497 e. The van der Waals surface area contributed by atoms with E-state index in [4.69, 9.17) is 9.47 Å². The van der Waals surface area contributed by atoms with Gasteiger partial charge in [0.05, 0.1) is 31.1 Å². The number of non-ortho nitro benzene ring substituents is 1. The first-order valence-electron chi connectivity index (χ1n) is 8.29. The Bertz CT molecular complexity index is 802. The Balaban J connectivity index is 2.19. The number of benzene rings is 2. The molecule has 2 aromatic rings. The molecule has 0 aliphatic rings. The molecule has 2 aromatic carbocycles. The first-order valence-corrected chi connectivity index (χ1v) is 8.29. The van der Waals surface area contributed by atoms with Crippen LogP contribution in [0, 0.1) is 10.1 Å². The maximum atomic E-state index is 12.5. The first-order chi connectivity index (χ1) is 12.9. The van der Waals surface area contributed by atoms with Crippen LogP contribution in [0.25, 0.3) is 0 Å². The molecule has 0 aromatic heterocycles. The Morgan fingerprint density at radius 2 is 1.74 bits per heavy atom. The van der Waals surface area contributed by atoms with Gasteiger partial charge in [-0.05, 0) is 36.8 Å². The summed E-state index contributed by atoms with van der Waals surface area (Å²) in [5, 5.41) is 13.5. The number of ether oxygens (including phenoxy) is 2. The predicted octanol–water partition coefficient (Wildman–Crippen LogP) is 3.03. The minimum absolute atomic E-state index is 0.0428. The lowest BCUT2D eigenvalue weighted by Crippen LogP contribution is -2.30. The predicted molar refractivity (Wildman–Crippen MR) is 97.5 cm³/mol. The second-order valence-corrected chi connectivity index (χ2v) is 5.61. The summed E-state index contributed by atoms with van der Waals surface area (Å²) in [6.07, 6.45) is -0.0428. The maximum Gasteiger partial charge on any atom is 0.308 e. The van der Waals surface area contributed by atoms with Gasteiger partial charge in [0.25, 0.3) is 11.6 Å². The molecular weight excluding hydrogens is 352 g/mol. The smallest absolute Gasteiger partial charge is 0.308 e. The van der Waals surface area contributed by atoms with Crippen LogP contribution in [0.1, 0.15) is 35.3 Å². The third-order valence-electron chi connectivity index (χ3n) is 3.84. The van der Waals surface area contributed by atoms with Crippen molar-refractivity contribution in [2.75, 3.05) is 13.7 Å². The Morgan fingerprint density at radius 3 is 2.26 bits per heavy atom. The fraction of sp³-hybridized carbons (Fsp3) is 0.263. The van der Waals surface area contributed by atoms with E-state index >= 15 is 0 Å². The van der Waals surface area contributed by atoms with Gasteiger partial charge >= 0.3 is 5.97 Å². The summed E-state index contributed by atoms with van der Waals surface area (Å²) in [6, 6.07) is 11.6. The molecule has 0 spiro atoms. The molecule has 1 atom stereocenters. The number of carbonyl (C=O) groups excluding carboxylic acids is 2. The number of nitro groups is 1. The lowest BCUT2D eigenvalue weighted by Gasteiger charge is -2.19. The van der Waals surface area contributed by atoms with Gasteiger partial charge in [0.15, 0.2) is 0 Å². The van der Waals surface area contributed by atoms with E-state index in [1.165, 1.54) is 24.3 Å². The number of nitro benzene ring substituents is 1. The number of rotatable bonds is 8. The minimum atomic E-state index is -0.613. The quantitative estimate of drug-likeness (QED) is 0.433. The monoisotopic (exact) mass is 372 g/mol. The molecule has 0 aliphatic heterocycles. The number of hydrogen-bond acceptors (Lipinski definition) is 6. The van der Waals surface area contributed by atoms with E-state index in [0.717, 1.165) is 0 Å². The van der Waals surface area contributed by atoms with Gasteiger partial charge in [0.2, 0.25) is 0 Å².